The Hall–Kier alpha value is -1.00. The fourth-order valence-electron chi connectivity index (χ4n) is 3.02. The van der Waals surface area contributed by atoms with Crippen molar-refractivity contribution in [2.45, 2.75) is 51.5 Å². The second-order valence-electron chi connectivity index (χ2n) is 6.18. The average Bonchev–Trinajstić information content (AvgIpc) is 3.27. The second-order valence-corrected chi connectivity index (χ2v) is 6.18. The van der Waals surface area contributed by atoms with Crippen molar-refractivity contribution in [3.05, 3.63) is 22.8 Å². The number of hydrogen-bond donors (Lipinski definition) is 1. The van der Waals surface area contributed by atoms with Gasteiger partial charge >= 0.3 is 0 Å². The van der Waals surface area contributed by atoms with Gasteiger partial charge in [-0.15, -0.1) is 0 Å². The van der Waals surface area contributed by atoms with Crippen molar-refractivity contribution in [2.75, 3.05) is 20.3 Å². The normalized spacial score (nSPS) is 21.8. The van der Waals surface area contributed by atoms with E-state index in [1.165, 1.54) is 36.2 Å². The summed E-state index contributed by atoms with van der Waals surface area (Å²) in [5.74, 6) is 1.70. The molecular weight excluding hydrogens is 250 g/mol. The van der Waals surface area contributed by atoms with Gasteiger partial charge in [-0.3, -0.25) is 0 Å². The van der Waals surface area contributed by atoms with Crippen molar-refractivity contribution in [1.29, 1.82) is 0 Å². The maximum atomic E-state index is 5.12. The van der Waals surface area contributed by atoms with Crippen molar-refractivity contribution < 1.29 is 4.74 Å². The van der Waals surface area contributed by atoms with Crippen LogP contribution in [0.3, 0.4) is 0 Å². The van der Waals surface area contributed by atoms with Crippen LogP contribution in [0.2, 0.25) is 0 Å². The lowest BCUT2D eigenvalue weighted by molar-refractivity contribution is 0.200. The molecule has 1 unspecified atom stereocenters. The minimum Gasteiger partial charge on any atom is -0.384 e. The topological polar surface area (TPSA) is 47.0 Å². The lowest BCUT2D eigenvalue weighted by atomic mass is 9.85. The molecular formula is C16H25N3O. The van der Waals surface area contributed by atoms with E-state index in [1.54, 1.807) is 7.11 Å². The molecule has 3 rings (SSSR count). The Labute approximate surface area is 121 Å². The molecule has 0 aliphatic heterocycles. The minimum absolute atomic E-state index is 0.701. The molecule has 1 aromatic rings. The van der Waals surface area contributed by atoms with Crippen LogP contribution < -0.4 is 5.32 Å². The monoisotopic (exact) mass is 275 g/mol. The molecule has 4 nitrogen and oxygen atoms in total. The molecule has 0 radical (unpaired) electrons. The summed E-state index contributed by atoms with van der Waals surface area (Å²) in [6.07, 6.45) is 7.06. The summed E-state index contributed by atoms with van der Waals surface area (Å²) in [4.78, 5) is 9.40. The number of aromatic nitrogens is 2. The summed E-state index contributed by atoms with van der Waals surface area (Å²) in [6.45, 7) is 3.99. The maximum Gasteiger partial charge on any atom is 0.131 e. The number of hydrogen-bond acceptors (Lipinski definition) is 4. The molecule has 2 aliphatic carbocycles. The minimum atomic E-state index is 0.701. The summed E-state index contributed by atoms with van der Waals surface area (Å²) < 4.78 is 5.12. The molecule has 1 atom stereocenters. The van der Waals surface area contributed by atoms with Crippen LogP contribution in [0.25, 0.3) is 0 Å². The van der Waals surface area contributed by atoms with Gasteiger partial charge in [-0.1, -0.05) is 0 Å². The first-order valence-corrected chi connectivity index (χ1v) is 7.84. The van der Waals surface area contributed by atoms with Crippen molar-refractivity contribution in [2.24, 2.45) is 5.92 Å². The summed E-state index contributed by atoms with van der Waals surface area (Å²) in [7, 11) is 1.72. The fraction of sp³-hybridized carbons (Fsp3) is 0.750. The summed E-state index contributed by atoms with van der Waals surface area (Å²) >= 11 is 0. The number of rotatable bonds is 6. The number of aryl methyl sites for hydroxylation is 2. The number of methoxy groups -OCH3 is 1. The van der Waals surface area contributed by atoms with Gasteiger partial charge in [-0.05, 0) is 57.1 Å². The highest BCUT2D eigenvalue weighted by molar-refractivity contribution is 5.28. The lowest BCUT2D eigenvalue weighted by Crippen LogP contribution is -2.29. The molecule has 2 aliphatic rings. The van der Waals surface area contributed by atoms with Gasteiger partial charge in [0, 0.05) is 31.0 Å². The van der Waals surface area contributed by atoms with E-state index in [2.05, 4.69) is 17.2 Å². The Morgan fingerprint density at radius 2 is 2.10 bits per heavy atom. The molecule has 1 heterocycles. The van der Waals surface area contributed by atoms with E-state index in [4.69, 9.17) is 9.72 Å². The Morgan fingerprint density at radius 1 is 1.25 bits per heavy atom. The molecule has 1 saturated carbocycles. The van der Waals surface area contributed by atoms with Gasteiger partial charge in [-0.2, -0.15) is 0 Å². The van der Waals surface area contributed by atoms with E-state index in [0.717, 1.165) is 43.6 Å². The maximum absolute atomic E-state index is 5.12. The molecule has 4 heteroatoms. The number of fused-ring (bicyclic) bond motifs is 1. The first-order chi connectivity index (χ1) is 9.76. The summed E-state index contributed by atoms with van der Waals surface area (Å²) in [5, 5.41) is 3.66. The van der Waals surface area contributed by atoms with Gasteiger partial charge in [0.2, 0.25) is 0 Å². The Balaban J connectivity index is 1.65. The second kappa shape index (κ2) is 6.19. The first-order valence-electron chi connectivity index (χ1n) is 7.84. The predicted molar refractivity (Wildman–Crippen MR) is 78.9 cm³/mol. The van der Waals surface area contributed by atoms with E-state index in [-0.39, 0.29) is 0 Å². The third kappa shape index (κ3) is 3.36. The SMILES string of the molecule is COCCc1nc(C)c2c(n1)CCC(CNC1CC1)C2. The van der Waals surface area contributed by atoms with Gasteiger partial charge in [0.1, 0.15) is 5.82 Å². The lowest BCUT2D eigenvalue weighted by Gasteiger charge is -2.25. The van der Waals surface area contributed by atoms with Gasteiger partial charge in [0.25, 0.3) is 0 Å². The van der Waals surface area contributed by atoms with Gasteiger partial charge < -0.3 is 10.1 Å². The molecule has 1 N–H and O–H groups in total. The van der Waals surface area contributed by atoms with Crippen LogP contribution in [-0.2, 0) is 24.0 Å². The van der Waals surface area contributed by atoms with E-state index >= 15 is 0 Å². The van der Waals surface area contributed by atoms with Gasteiger partial charge in [-0.25, -0.2) is 9.97 Å². The van der Waals surface area contributed by atoms with E-state index in [1.807, 2.05) is 0 Å². The molecule has 0 bridgehead atoms. The Kier molecular flexibility index (Phi) is 4.32. The fourth-order valence-corrected chi connectivity index (χ4v) is 3.02. The standard InChI is InChI=1S/C16H25N3O/c1-11-14-9-12(10-17-13-4-5-13)3-6-15(14)19-16(18-11)7-8-20-2/h12-13,17H,3-10H2,1-2H3. The van der Waals surface area contributed by atoms with Crippen molar-refractivity contribution in [1.82, 2.24) is 15.3 Å². The zero-order valence-electron chi connectivity index (χ0n) is 12.6. The molecule has 1 fully saturated rings. The predicted octanol–water partition coefficient (Wildman–Crippen LogP) is 1.83. The van der Waals surface area contributed by atoms with Crippen LogP contribution in [-0.4, -0.2) is 36.3 Å². The number of ether oxygens (including phenoxy) is 1. The average molecular weight is 275 g/mol. The third-order valence-electron chi connectivity index (χ3n) is 4.43. The van der Waals surface area contributed by atoms with Gasteiger partial charge in [0.05, 0.1) is 6.61 Å². The van der Waals surface area contributed by atoms with Crippen molar-refractivity contribution in [3.63, 3.8) is 0 Å². The van der Waals surface area contributed by atoms with Crippen LogP contribution in [0.1, 0.15) is 42.0 Å². The highest BCUT2D eigenvalue weighted by Crippen LogP contribution is 2.27. The molecule has 110 valence electrons. The van der Waals surface area contributed by atoms with E-state index < -0.39 is 0 Å². The van der Waals surface area contributed by atoms with Crippen LogP contribution in [0, 0.1) is 12.8 Å². The van der Waals surface area contributed by atoms with E-state index in [0.29, 0.717) is 6.61 Å². The number of nitrogens with zero attached hydrogens (tertiary/aromatic N) is 2. The molecule has 0 aromatic carbocycles. The molecule has 1 aromatic heterocycles. The van der Waals surface area contributed by atoms with Crippen LogP contribution in [0.15, 0.2) is 0 Å². The van der Waals surface area contributed by atoms with Crippen LogP contribution in [0.5, 0.6) is 0 Å². The zero-order valence-corrected chi connectivity index (χ0v) is 12.6. The molecule has 0 spiro atoms. The smallest absolute Gasteiger partial charge is 0.131 e. The highest BCUT2D eigenvalue weighted by atomic mass is 16.5. The van der Waals surface area contributed by atoms with Crippen molar-refractivity contribution in [3.8, 4) is 0 Å². The van der Waals surface area contributed by atoms with Gasteiger partial charge in [0.15, 0.2) is 0 Å². The number of nitrogens with one attached hydrogen (secondary N) is 1. The van der Waals surface area contributed by atoms with E-state index in [9.17, 15) is 0 Å². The summed E-state index contributed by atoms with van der Waals surface area (Å²) in [5.41, 5.74) is 3.86. The highest BCUT2D eigenvalue weighted by Gasteiger charge is 2.25. The van der Waals surface area contributed by atoms with Crippen LogP contribution in [0.4, 0.5) is 0 Å². The zero-order chi connectivity index (χ0) is 13.9. The summed E-state index contributed by atoms with van der Waals surface area (Å²) in [6, 6.07) is 0.810. The van der Waals surface area contributed by atoms with Crippen molar-refractivity contribution >= 4 is 0 Å². The Bertz CT molecular complexity index is 471. The Morgan fingerprint density at radius 3 is 2.85 bits per heavy atom. The molecule has 20 heavy (non-hydrogen) atoms. The van der Waals surface area contributed by atoms with Crippen LogP contribution >= 0.6 is 0 Å². The first kappa shape index (κ1) is 14.0. The largest absolute Gasteiger partial charge is 0.384 e. The quantitative estimate of drug-likeness (QED) is 0.860. The molecule has 0 amide bonds. The third-order valence-corrected chi connectivity index (χ3v) is 4.43. The molecule has 0 saturated heterocycles.